The molecule has 0 N–H and O–H groups in total. The van der Waals surface area contributed by atoms with Gasteiger partial charge in [0, 0.05) is 17.8 Å². The number of carbonyl (C=O) groups is 1. The maximum absolute atomic E-state index is 11.7. The maximum Gasteiger partial charge on any atom is 0.574 e. The number of nitrogens with zero attached hydrogens (tertiary/aromatic N) is 1. The lowest BCUT2D eigenvalue weighted by atomic mass is 10.2. The molecule has 0 unspecified atom stereocenters. The van der Waals surface area contributed by atoms with Crippen molar-refractivity contribution in [2.45, 2.75) is 13.3 Å². The first-order valence-corrected chi connectivity index (χ1v) is 3.61. The van der Waals surface area contributed by atoms with Gasteiger partial charge < -0.3 is 4.74 Å². The second-order valence-corrected chi connectivity index (χ2v) is 2.49. The Morgan fingerprint density at radius 3 is 2.43 bits per heavy atom. The van der Waals surface area contributed by atoms with Crippen molar-refractivity contribution >= 4 is 5.78 Å². The molecule has 0 aliphatic rings. The summed E-state index contributed by atoms with van der Waals surface area (Å²) in [5.41, 5.74) is 0.236. The van der Waals surface area contributed by atoms with Gasteiger partial charge in [0.1, 0.15) is 0 Å². The van der Waals surface area contributed by atoms with Crippen molar-refractivity contribution in [3.63, 3.8) is 0 Å². The molecule has 1 aromatic heterocycles. The van der Waals surface area contributed by atoms with Gasteiger partial charge in [0.2, 0.25) is 5.88 Å². The van der Waals surface area contributed by atoms with Crippen LogP contribution in [0.1, 0.15) is 17.3 Å². The molecule has 1 aromatic rings. The quantitative estimate of drug-likeness (QED) is 0.694. The zero-order chi connectivity index (χ0) is 10.8. The molecule has 1 heterocycles. The average Bonchev–Trinajstić information content (AvgIpc) is 2.02. The SMILES string of the molecule is CC(=O)c1ccc(OC(F)(F)F)nc1. The number of ketones is 1. The van der Waals surface area contributed by atoms with E-state index in [4.69, 9.17) is 0 Å². The smallest absolute Gasteiger partial charge is 0.388 e. The van der Waals surface area contributed by atoms with Gasteiger partial charge in [0.05, 0.1) is 0 Å². The Kier molecular flexibility index (Phi) is 2.73. The van der Waals surface area contributed by atoms with Gasteiger partial charge in [0.25, 0.3) is 0 Å². The molecule has 0 aliphatic heterocycles. The van der Waals surface area contributed by atoms with Gasteiger partial charge in [-0.1, -0.05) is 0 Å². The van der Waals surface area contributed by atoms with Crippen LogP contribution in [0.4, 0.5) is 13.2 Å². The van der Waals surface area contributed by atoms with Crippen LogP contribution in [0.15, 0.2) is 18.3 Å². The molecule has 0 spiro atoms. The molecular formula is C8H6F3NO2. The molecule has 3 nitrogen and oxygen atoms in total. The number of ether oxygens (including phenoxy) is 1. The fraction of sp³-hybridized carbons (Fsp3) is 0.250. The van der Waals surface area contributed by atoms with Crippen molar-refractivity contribution in [1.82, 2.24) is 4.98 Å². The molecule has 1 rings (SSSR count). The van der Waals surface area contributed by atoms with E-state index in [1.165, 1.54) is 13.0 Å². The van der Waals surface area contributed by atoms with E-state index in [1.807, 2.05) is 0 Å². The Labute approximate surface area is 77.5 Å². The van der Waals surface area contributed by atoms with Crippen molar-refractivity contribution in [3.05, 3.63) is 23.9 Å². The van der Waals surface area contributed by atoms with Crippen LogP contribution in [0, 0.1) is 0 Å². The van der Waals surface area contributed by atoms with Gasteiger partial charge >= 0.3 is 6.36 Å². The van der Waals surface area contributed by atoms with Crippen LogP contribution < -0.4 is 4.74 Å². The van der Waals surface area contributed by atoms with E-state index in [-0.39, 0.29) is 11.3 Å². The number of carbonyl (C=O) groups excluding carboxylic acids is 1. The van der Waals surface area contributed by atoms with E-state index in [2.05, 4.69) is 9.72 Å². The van der Waals surface area contributed by atoms with E-state index in [1.54, 1.807) is 0 Å². The van der Waals surface area contributed by atoms with Crippen LogP contribution in [0.3, 0.4) is 0 Å². The Balaban J connectivity index is 2.79. The third-order valence-corrected chi connectivity index (χ3v) is 1.36. The lowest BCUT2D eigenvalue weighted by Crippen LogP contribution is -2.17. The third-order valence-electron chi connectivity index (χ3n) is 1.36. The number of rotatable bonds is 2. The first-order valence-electron chi connectivity index (χ1n) is 3.61. The molecule has 0 bridgehead atoms. The molecule has 0 fully saturated rings. The Morgan fingerprint density at radius 1 is 1.43 bits per heavy atom. The fourth-order valence-electron chi connectivity index (χ4n) is 0.767. The summed E-state index contributed by atoms with van der Waals surface area (Å²) >= 11 is 0. The molecule has 0 saturated carbocycles. The summed E-state index contributed by atoms with van der Waals surface area (Å²) in [6.45, 7) is 1.29. The molecular weight excluding hydrogens is 199 g/mol. The first-order chi connectivity index (χ1) is 6.38. The minimum Gasteiger partial charge on any atom is -0.388 e. The standard InChI is InChI=1S/C8H6F3NO2/c1-5(13)6-2-3-7(12-4-6)14-8(9,10)11/h2-4H,1H3. The van der Waals surface area contributed by atoms with E-state index in [9.17, 15) is 18.0 Å². The fourth-order valence-corrected chi connectivity index (χ4v) is 0.767. The molecule has 76 valence electrons. The highest BCUT2D eigenvalue weighted by molar-refractivity contribution is 5.93. The second-order valence-electron chi connectivity index (χ2n) is 2.49. The minimum atomic E-state index is -4.76. The number of aromatic nitrogens is 1. The Morgan fingerprint density at radius 2 is 2.07 bits per heavy atom. The van der Waals surface area contributed by atoms with Gasteiger partial charge in [-0.25, -0.2) is 4.98 Å². The highest BCUT2D eigenvalue weighted by atomic mass is 19.4. The third kappa shape index (κ3) is 3.04. The second kappa shape index (κ2) is 3.65. The van der Waals surface area contributed by atoms with Gasteiger partial charge in [-0.2, -0.15) is 0 Å². The monoisotopic (exact) mass is 205 g/mol. The maximum atomic E-state index is 11.7. The summed E-state index contributed by atoms with van der Waals surface area (Å²) in [5, 5.41) is 0. The van der Waals surface area contributed by atoms with E-state index in [0.717, 1.165) is 12.3 Å². The molecule has 0 aromatic carbocycles. The largest absolute Gasteiger partial charge is 0.574 e. The molecule has 0 atom stereocenters. The van der Waals surface area contributed by atoms with Gasteiger partial charge in [-0.15, -0.1) is 13.2 Å². The number of halogens is 3. The van der Waals surface area contributed by atoms with E-state index < -0.39 is 12.2 Å². The Hall–Kier alpha value is -1.59. The van der Waals surface area contributed by atoms with E-state index >= 15 is 0 Å². The van der Waals surface area contributed by atoms with Gasteiger partial charge in [0.15, 0.2) is 5.78 Å². The summed E-state index contributed by atoms with van der Waals surface area (Å²) in [5.74, 6) is -0.849. The van der Waals surface area contributed by atoms with Crippen molar-refractivity contribution < 1.29 is 22.7 Å². The summed E-state index contributed by atoms with van der Waals surface area (Å²) in [6, 6.07) is 2.21. The van der Waals surface area contributed by atoms with Crippen LogP contribution in [0.25, 0.3) is 0 Å². The van der Waals surface area contributed by atoms with E-state index in [0.29, 0.717) is 0 Å². The molecule has 14 heavy (non-hydrogen) atoms. The predicted octanol–water partition coefficient (Wildman–Crippen LogP) is 2.18. The molecule has 0 radical (unpaired) electrons. The highest BCUT2D eigenvalue weighted by Gasteiger charge is 2.31. The van der Waals surface area contributed by atoms with Crippen molar-refractivity contribution in [1.29, 1.82) is 0 Å². The predicted molar refractivity (Wildman–Crippen MR) is 40.9 cm³/mol. The number of hydrogen-bond donors (Lipinski definition) is 0. The zero-order valence-corrected chi connectivity index (χ0v) is 7.13. The van der Waals surface area contributed by atoms with Crippen molar-refractivity contribution in [3.8, 4) is 5.88 Å². The lowest BCUT2D eigenvalue weighted by molar-refractivity contribution is -0.276. The number of alkyl halides is 3. The van der Waals surface area contributed by atoms with Crippen LogP contribution in [0.2, 0.25) is 0 Å². The molecule has 6 heteroatoms. The summed E-state index contributed by atoms with van der Waals surface area (Å²) < 4.78 is 38.5. The number of hydrogen-bond acceptors (Lipinski definition) is 3. The highest BCUT2D eigenvalue weighted by Crippen LogP contribution is 2.20. The van der Waals surface area contributed by atoms with Gasteiger partial charge in [-0.05, 0) is 13.0 Å². The van der Waals surface area contributed by atoms with Gasteiger partial charge in [-0.3, -0.25) is 4.79 Å². The van der Waals surface area contributed by atoms with Crippen molar-refractivity contribution in [2.75, 3.05) is 0 Å². The summed E-state index contributed by atoms with van der Waals surface area (Å²) in [4.78, 5) is 14.1. The lowest BCUT2D eigenvalue weighted by Gasteiger charge is -2.07. The summed E-state index contributed by atoms with van der Waals surface area (Å²) in [7, 11) is 0. The molecule has 0 amide bonds. The number of Topliss-reactive ketones (excluding diaryl/α,β-unsaturated/α-hetero) is 1. The summed E-state index contributed by atoms with van der Waals surface area (Å²) in [6.07, 6.45) is -3.73. The van der Waals surface area contributed by atoms with Crippen LogP contribution >= 0.6 is 0 Å². The normalized spacial score (nSPS) is 11.1. The zero-order valence-electron chi connectivity index (χ0n) is 7.13. The van der Waals surface area contributed by atoms with Crippen LogP contribution in [0.5, 0.6) is 5.88 Å². The Bertz CT molecular complexity index is 331. The van der Waals surface area contributed by atoms with Crippen LogP contribution in [-0.2, 0) is 0 Å². The minimum absolute atomic E-state index is 0.236. The number of pyridine rings is 1. The topological polar surface area (TPSA) is 39.2 Å². The van der Waals surface area contributed by atoms with Crippen molar-refractivity contribution in [2.24, 2.45) is 0 Å². The molecule has 0 saturated heterocycles. The molecule has 0 aliphatic carbocycles. The average molecular weight is 205 g/mol. The van der Waals surface area contributed by atoms with Crippen LogP contribution in [-0.4, -0.2) is 17.1 Å². The first kappa shape index (κ1) is 10.5.